The van der Waals surface area contributed by atoms with Crippen LogP contribution < -0.4 is 14.8 Å². The molecular weight excluding hydrogens is 388 g/mol. The van der Waals surface area contributed by atoms with E-state index >= 15 is 0 Å². The summed E-state index contributed by atoms with van der Waals surface area (Å²) in [7, 11) is -3.56. The molecule has 0 aliphatic carbocycles. The number of rotatable bonds is 11. The number of carbonyl (C=O) groups is 1. The summed E-state index contributed by atoms with van der Waals surface area (Å²) >= 11 is 0. The van der Waals surface area contributed by atoms with Crippen molar-refractivity contribution in [1.82, 2.24) is 4.72 Å². The fraction of sp³-hybridized carbons (Fsp3) is 0.409. The lowest BCUT2D eigenvalue weighted by Crippen LogP contribution is -2.30. The zero-order valence-electron chi connectivity index (χ0n) is 17.3. The Labute approximate surface area is 173 Å². The van der Waals surface area contributed by atoms with E-state index in [1.54, 1.807) is 44.2 Å². The van der Waals surface area contributed by atoms with Crippen LogP contribution in [0.4, 0.5) is 5.69 Å². The van der Waals surface area contributed by atoms with Gasteiger partial charge in [-0.15, -0.1) is 0 Å². The van der Waals surface area contributed by atoms with Crippen LogP contribution in [0.25, 0.3) is 0 Å². The van der Waals surface area contributed by atoms with Gasteiger partial charge < -0.3 is 10.1 Å². The van der Waals surface area contributed by atoms with Crippen molar-refractivity contribution in [2.45, 2.75) is 57.4 Å². The summed E-state index contributed by atoms with van der Waals surface area (Å²) in [4.78, 5) is 12.8. The molecule has 0 unspecified atom stereocenters. The average molecular weight is 419 g/mol. The van der Waals surface area contributed by atoms with E-state index in [1.807, 2.05) is 6.07 Å². The van der Waals surface area contributed by atoms with Crippen LogP contribution in [0.2, 0.25) is 0 Å². The molecule has 0 saturated heterocycles. The minimum Gasteiger partial charge on any atom is -0.493 e. The van der Waals surface area contributed by atoms with Gasteiger partial charge in [-0.3, -0.25) is 4.79 Å². The maximum atomic E-state index is 12.7. The number of carbonyl (C=O) groups excluding carboxylic acids is 1. The third kappa shape index (κ3) is 7.18. The first-order valence-corrected chi connectivity index (χ1v) is 11.5. The normalized spacial score (nSPS) is 11.4. The molecule has 0 spiro atoms. The molecule has 0 heterocycles. The minimum absolute atomic E-state index is 0.153. The van der Waals surface area contributed by atoms with Crippen LogP contribution in [0, 0.1) is 0 Å². The molecule has 0 fully saturated rings. The molecule has 2 rings (SSSR count). The standard InChI is InChI=1S/C22H30N2O4S/c1-4-5-6-9-16-28-21-11-8-7-10-20(21)22(25)23-18-12-14-19(15-13-18)29(26,27)24-17(2)3/h7-8,10-15,17,24H,4-6,9,16H2,1-3H3,(H,23,25). The van der Waals surface area contributed by atoms with Crippen molar-refractivity contribution in [1.29, 1.82) is 0 Å². The topological polar surface area (TPSA) is 84.5 Å². The Balaban J connectivity index is 2.03. The molecule has 0 radical (unpaired) electrons. The van der Waals surface area contributed by atoms with Gasteiger partial charge >= 0.3 is 0 Å². The van der Waals surface area contributed by atoms with Gasteiger partial charge in [0.15, 0.2) is 0 Å². The zero-order chi connectivity index (χ0) is 21.3. The molecule has 0 aromatic heterocycles. The molecule has 2 aromatic carbocycles. The lowest BCUT2D eigenvalue weighted by atomic mass is 10.1. The molecule has 0 aliphatic rings. The summed E-state index contributed by atoms with van der Waals surface area (Å²) in [6.45, 7) is 6.24. The number of ether oxygens (including phenoxy) is 1. The predicted octanol–water partition coefficient (Wildman–Crippen LogP) is 4.58. The van der Waals surface area contributed by atoms with Crippen LogP contribution in [-0.2, 0) is 10.0 Å². The summed E-state index contributed by atoms with van der Waals surface area (Å²) in [6.07, 6.45) is 4.38. The Morgan fingerprint density at radius 1 is 1.00 bits per heavy atom. The van der Waals surface area contributed by atoms with Gasteiger partial charge in [-0.2, -0.15) is 0 Å². The van der Waals surface area contributed by atoms with Crippen LogP contribution in [-0.4, -0.2) is 27.0 Å². The maximum absolute atomic E-state index is 12.7. The van der Waals surface area contributed by atoms with E-state index < -0.39 is 10.0 Å². The van der Waals surface area contributed by atoms with E-state index in [-0.39, 0.29) is 16.8 Å². The number of benzene rings is 2. The van der Waals surface area contributed by atoms with Crippen molar-refractivity contribution in [2.24, 2.45) is 0 Å². The second-order valence-electron chi connectivity index (χ2n) is 7.16. The van der Waals surface area contributed by atoms with Gasteiger partial charge in [0.2, 0.25) is 10.0 Å². The number of unbranched alkanes of at least 4 members (excludes halogenated alkanes) is 3. The minimum atomic E-state index is -3.56. The fourth-order valence-electron chi connectivity index (χ4n) is 2.79. The smallest absolute Gasteiger partial charge is 0.259 e. The largest absolute Gasteiger partial charge is 0.493 e. The van der Waals surface area contributed by atoms with Gasteiger partial charge in [-0.25, -0.2) is 13.1 Å². The number of sulfonamides is 1. The summed E-state index contributed by atoms with van der Waals surface area (Å²) in [6, 6.07) is 13.0. The predicted molar refractivity (Wildman–Crippen MR) is 116 cm³/mol. The second kappa shape index (κ2) is 11.0. The monoisotopic (exact) mass is 418 g/mol. The van der Waals surface area contributed by atoms with E-state index in [2.05, 4.69) is 17.0 Å². The van der Waals surface area contributed by atoms with Crippen molar-refractivity contribution in [3.63, 3.8) is 0 Å². The second-order valence-corrected chi connectivity index (χ2v) is 8.87. The highest BCUT2D eigenvalue weighted by atomic mass is 32.2. The first-order chi connectivity index (χ1) is 13.8. The molecule has 158 valence electrons. The third-order valence-electron chi connectivity index (χ3n) is 4.20. The molecule has 1 amide bonds. The lowest BCUT2D eigenvalue weighted by molar-refractivity contribution is 0.102. The van der Waals surface area contributed by atoms with Crippen LogP contribution in [0.3, 0.4) is 0 Å². The van der Waals surface area contributed by atoms with Gasteiger partial charge in [0.1, 0.15) is 5.75 Å². The molecule has 0 saturated carbocycles. The fourth-order valence-corrected chi connectivity index (χ4v) is 4.04. The van der Waals surface area contributed by atoms with E-state index in [0.717, 1.165) is 19.3 Å². The van der Waals surface area contributed by atoms with E-state index in [4.69, 9.17) is 4.74 Å². The Hall–Kier alpha value is -2.38. The first-order valence-electron chi connectivity index (χ1n) is 9.99. The molecule has 0 atom stereocenters. The van der Waals surface area contributed by atoms with Crippen LogP contribution in [0.15, 0.2) is 53.4 Å². The van der Waals surface area contributed by atoms with Crippen LogP contribution in [0.1, 0.15) is 56.8 Å². The highest BCUT2D eigenvalue weighted by Crippen LogP contribution is 2.21. The Morgan fingerprint density at radius 3 is 2.34 bits per heavy atom. The van der Waals surface area contributed by atoms with E-state index in [9.17, 15) is 13.2 Å². The quantitative estimate of drug-likeness (QED) is 0.523. The molecule has 29 heavy (non-hydrogen) atoms. The lowest BCUT2D eigenvalue weighted by Gasteiger charge is -2.12. The van der Waals surface area contributed by atoms with Crippen LogP contribution >= 0.6 is 0 Å². The summed E-state index contributed by atoms with van der Waals surface area (Å²) < 4.78 is 32.7. The summed E-state index contributed by atoms with van der Waals surface area (Å²) in [5, 5.41) is 2.79. The maximum Gasteiger partial charge on any atom is 0.259 e. The average Bonchev–Trinajstić information content (AvgIpc) is 2.67. The van der Waals surface area contributed by atoms with Crippen LogP contribution in [0.5, 0.6) is 5.75 Å². The SMILES string of the molecule is CCCCCCOc1ccccc1C(=O)Nc1ccc(S(=O)(=O)NC(C)C)cc1. The van der Waals surface area contributed by atoms with Crippen molar-refractivity contribution in [2.75, 3.05) is 11.9 Å². The number of anilines is 1. The van der Waals surface area contributed by atoms with Gasteiger partial charge in [0.25, 0.3) is 5.91 Å². The van der Waals surface area contributed by atoms with E-state index in [1.165, 1.54) is 18.6 Å². The third-order valence-corrected chi connectivity index (χ3v) is 5.87. The van der Waals surface area contributed by atoms with Gasteiger partial charge in [-0.05, 0) is 56.7 Å². The Bertz CT molecular complexity index is 893. The highest BCUT2D eigenvalue weighted by molar-refractivity contribution is 7.89. The molecular formula is C22H30N2O4S. The number of hydrogen-bond acceptors (Lipinski definition) is 4. The summed E-state index contributed by atoms with van der Waals surface area (Å²) in [5.74, 6) is 0.243. The van der Waals surface area contributed by atoms with Crippen molar-refractivity contribution >= 4 is 21.6 Å². The van der Waals surface area contributed by atoms with Crippen molar-refractivity contribution in [3.8, 4) is 5.75 Å². The Morgan fingerprint density at radius 2 is 1.69 bits per heavy atom. The van der Waals surface area contributed by atoms with Gasteiger partial charge in [-0.1, -0.05) is 38.3 Å². The highest BCUT2D eigenvalue weighted by Gasteiger charge is 2.16. The Kier molecular flexibility index (Phi) is 8.67. The van der Waals surface area contributed by atoms with Crippen molar-refractivity contribution < 1.29 is 17.9 Å². The zero-order valence-corrected chi connectivity index (χ0v) is 18.1. The number of nitrogens with one attached hydrogen (secondary N) is 2. The molecule has 7 heteroatoms. The molecule has 2 aromatic rings. The molecule has 6 nitrogen and oxygen atoms in total. The first kappa shape index (κ1) is 22.9. The summed E-state index contributed by atoms with van der Waals surface area (Å²) in [5.41, 5.74) is 0.956. The molecule has 0 bridgehead atoms. The number of para-hydroxylation sites is 1. The molecule has 0 aliphatic heterocycles. The van der Waals surface area contributed by atoms with Crippen molar-refractivity contribution in [3.05, 3.63) is 54.1 Å². The van der Waals surface area contributed by atoms with Gasteiger partial charge in [0.05, 0.1) is 17.1 Å². The number of amides is 1. The van der Waals surface area contributed by atoms with Gasteiger partial charge in [0, 0.05) is 11.7 Å². The number of hydrogen-bond donors (Lipinski definition) is 2. The van der Waals surface area contributed by atoms with E-state index in [0.29, 0.717) is 23.6 Å². The molecule has 2 N–H and O–H groups in total.